The zero-order chi connectivity index (χ0) is 10.0. The molecule has 72 valence electrons. The zero-order valence-electron chi connectivity index (χ0n) is 7.34. The van der Waals surface area contributed by atoms with Crippen LogP contribution < -0.4 is 0 Å². The first-order chi connectivity index (χ1) is 6.06. The predicted octanol–water partition coefficient (Wildman–Crippen LogP) is 2.74. The molecule has 0 heterocycles. The van der Waals surface area contributed by atoms with E-state index in [4.69, 9.17) is 5.11 Å². The lowest BCUT2D eigenvalue weighted by molar-refractivity contribution is 0.198. The Kier molecular flexibility index (Phi) is 3.27. The summed E-state index contributed by atoms with van der Waals surface area (Å²) >= 11 is 1.01. The van der Waals surface area contributed by atoms with Crippen LogP contribution in [0, 0.1) is 11.6 Å². The highest BCUT2D eigenvalue weighted by Gasteiger charge is 2.12. The van der Waals surface area contributed by atoms with E-state index in [1.54, 1.807) is 6.26 Å². The summed E-state index contributed by atoms with van der Waals surface area (Å²) in [7, 11) is 0. The largest absolute Gasteiger partial charge is 0.389 e. The summed E-state index contributed by atoms with van der Waals surface area (Å²) in [5.74, 6) is -1.24. The highest BCUT2D eigenvalue weighted by Crippen LogP contribution is 2.26. The quantitative estimate of drug-likeness (QED) is 0.747. The second kappa shape index (κ2) is 4.07. The number of benzene rings is 1. The number of aliphatic hydroxyl groups is 1. The van der Waals surface area contributed by atoms with Crippen molar-refractivity contribution in [3.8, 4) is 0 Å². The van der Waals surface area contributed by atoms with Gasteiger partial charge in [0.05, 0.1) is 11.0 Å². The average Bonchev–Trinajstić information content (AvgIpc) is 2.03. The van der Waals surface area contributed by atoms with Gasteiger partial charge in [-0.2, -0.15) is 0 Å². The number of hydrogen-bond donors (Lipinski definition) is 1. The van der Waals surface area contributed by atoms with E-state index in [-0.39, 0.29) is 10.5 Å². The summed E-state index contributed by atoms with van der Waals surface area (Å²) in [5.41, 5.74) is 0.257. The summed E-state index contributed by atoms with van der Waals surface area (Å²) in [5, 5.41) is 9.10. The van der Waals surface area contributed by atoms with E-state index in [0.29, 0.717) is 0 Å². The van der Waals surface area contributed by atoms with Crippen LogP contribution in [0.5, 0.6) is 0 Å². The first-order valence-corrected chi connectivity index (χ1v) is 4.99. The Morgan fingerprint density at radius 3 is 2.08 bits per heavy atom. The Morgan fingerprint density at radius 1 is 1.31 bits per heavy atom. The highest BCUT2D eigenvalue weighted by molar-refractivity contribution is 7.98. The van der Waals surface area contributed by atoms with E-state index in [1.807, 2.05) is 0 Å². The van der Waals surface area contributed by atoms with Crippen LogP contribution in [0.1, 0.15) is 18.6 Å². The Morgan fingerprint density at radius 2 is 1.77 bits per heavy atom. The summed E-state index contributed by atoms with van der Waals surface area (Å²) in [6.45, 7) is 1.47. The van der Waals surface area contributed by atoms with Gasteiger partial charge >= 0.3 is 0 Å². The van der Waals surface area contributed by atoms with Crippen LogP contribution in [0.4, 0.5) is 8.78 Å². The SMILES string of the molecule is CSc1c(F)cc(C(C)O)cc1F. The van der Waals surface area contributed by atoms with Gasteiger partial charge in [0.15, 0.2) is 0 Å². The fourth-order valence-electron chi connectivity index (χ4n) is 1.02. The minimum atomic E-state index is -0.847. The Hall–Kier alpha value is -0.610. The molecule has 0 fully saturated rings. The van der Waals surface area contributed by atoms with Crippen molar-refractivity contribution in [1.29, 1.82) is 0 Å². The number of aliphatic hydroxyl groups excluding tert-OH is 1. The lowest BCUT2D eigenvalue weighted by Crippen LogP contribution is -1.96. The van der Waals surface area contributed by atoms with Crippen molar-refractivity contribution in [3.63, 3.8) is 0 Å². The second-order valence-corrected chi connectivity index (χ2v) is 3.51. The molecule has 0 spiro atoms. The molecule has 0 aromatic heterocycles. The molecule has 0 bridgehead atoms. The van der Waals surface area contributed by atoms with Crippen molar-refractivity contribution >= 4 is 11.8 Å². The molecular weight excluding hydrogens is 194 g/mol. The van der Waals surface area contributed by atoms with Crippen LogP contribution in [-0.2, 0) is 0 Å². The normalized spacial score (nSPS) is 13.0. The standard InChI is InChI=1S/C9H10F2OS/c1-5(12)6-3-7(10)9(13-2)8(11)4-6/h3-5,12H,1-2H3. The molecule has 0 amide bonds. The van der Waals surface area contributed by atoms with Crippen molar-refractivity contribution in [2.75, 3.05) is 6.26 Å². The van der Waals surface area contributed by atoms with Gasteiger partial charge in [0.25, 0.3) is 0 Å². The first kappa shape index (κ1) is 10.5. The fourth-order valence-corrected chi connectivity index (χ4v) is 1.52. The Bertz CT molecular complexity index is 289. The third-order valence-corrected chi connectivity index (χ3v) is 2.51. The average molecular weight is 204 g/mol. The van der Waals surface area contributed by atoms with E-state index >= 15 is 0 Å². The van der Waals surface area contributed by atoms with Crippen LogP contribution >= 0.6 is 11.8 Å². The van der Waals surface area contributed by atoms with Gasteiger partial charge in [0.2, 0.25) is 0 Å². The summed E-state index contributed by atoms with van der Waals surface area (Å²) in [6, 6.07) is 2.30. The van der Waals surface area contributed by atoms with Gasteiger partial charge in [-0.15, -0.1) is 11.8 Å². The summed E-state index contributed by atoms with van der Waals surface area (Å²) in [6.07, 6.45) is 0.753. The second-order valence-electron chi connectivity index (χ2n) is 2.69. The molecular formula is C9H10F2OS. The maximum atomic E-state index is 13.1. The molecule has 13 heavy (non-hydrogen) atoms. The van der Waals surface area contributed by atoms with Gasteiger partial charge in [-0.1, -0.05) is 0 Å². The smallest absolute Gasteiger partial charge is 0.140 e. The molecule has 0 aliphatic carbocycles. The maximum absolute atomic E-state index is 13.1. The van der Waals surface area contributed by atoms with Gasteiger partial charge in [-0.3, -0.25) is 0 Å². The molecule has 1 nitrogen and oxygen atoms in total. The van der Waals surface area contributed by atoms with E-state index in [1.165, 1.54) is 6.92 Å². The zero-order valence-corrected chi connectivity index (χ0v) is 8.16. The Labute approximate surface area is 79.8 Å². The number of hydrogen-bond acceptors (Lipinski definition) is 2. The molecule has 1 N–H and O–H groups in total. The van der Waals surface area contributed by atoms with Crippen LogP contribution in [-0.4, -0.2) is 11.4 Å². The fraction of sp³-hybridized carbons (Fsp3) is 0.333. The topological polar surface area (TPSA) is 20.2 Å². The van der Waals surface area contributed by atoms with Crippen molar-refractivity contribution < 1.29 is 13.9 Å². The molecule has 0 aliphatic heterocycles. The molecule has 0 aliphatic rings. The van der Waals surface area contributed by atoms with Gasteiger partial charge in [-0.25, -0.2) is 8.78 Å². The van der Waals surface area contributed by atoms with E-state index in [0.717, 1.165) is 23.9 Å². The van der Waals surface area contributed by atoms with Crippen molar-refractivity contribution in [1.82, 2.24) is 0 Å². The molecule has 1 unspecified atom stereocenters. The molecule has 1 aromatic rings. The van der Waals surface area contributed by atoms with Crippen molar-refractivity contribution in [2.24, 2.45) is 0 Å². The summed E-state index contributed by atoms with van der Waals surface area (Å²) < 4.78 is 26.2. The van der Waals surface area contributed by atoms with Crippen molar-refractivity contribution in [2.45, 2.75) is 17.9 Å². The highest BCUT2D eigenvalue weighted by atomic mass is 32.2. The molecule has 1 rings (SSSR count). The minimum absolute atomic E-state index is 0.00981. The van der Waals surface area contributed by atoms with Crippen LogP contribution in [0.15, 0.2) is 17.0 Å². The molecule has 0 radical (unpaired) electrons. The molecule has 0 saturated heterocycles. The number of rotatable bonds is 2. The lowest BCUT2D eigenvalue weighted by atomic mass is 10.1. The minimum Gasteiger partial charge on any atom is -0.389 e. The molecule has 1 atom stereocenters. The predicted molar refractivity (Wildman–Crippen MR) is 48.8 cm³/mol. The third kappa shape index (κ3) is 2.19. The molecule has 4 heteroatoms. The molecule has 0 saturated carbocycles. The van der Waals surface area contributed by atoms with Crippen LogP contribution in [0.3, 0.4) is 0 Å². The lowest BCUT2D eigenvalue weighted by Gasteiger charge is -2.07. The number of halogens is 2. The maximum Gasteiger partial charge on any atom is 0.140 e. The van der Waals surface area contributed by atoms with Gasteiger partial charge < -0.3 is 5.11 Å². The number of thioether (sulfide) groups is 1. The van der Waals surface area contributed by atoms with Crippen molar-refractivity contribution in [3.05, 3.63) is 29.3 Å². The third-order valence-electron chi connectivity index (χ3n) is 1.71. The monoisotopic (exact) mass is 204 g/mol. The van der Waals surface area contributed by atoms with Gasteiger partial charge in [-0.05, 0) is 30.9 Å². The summed E-state index contributed by atoms with van der Waals surface area (Å²) in [4.78, 5) is -0.00981. The van der Waals surface area contributed by atoms with E-state index in [2.05, 4.69) is 0 Å². The molecule has 1 aromatic carbocycles. The first-order valence-electron chi connectivity index (χ1n) is 3.77. The van der Waals surface area contributed by atoms with E-state index in [9.17, 15) is 8.78 Å². The van der Waals surface area contributed by atoms with Gasteiger partial charge in [0.1, 0.15) is 11.6 Å². The van der Waals surface area contributed by atoms with Gasteiger partial charge in [0, 0.05) is 0 Å². The Balaban J connectivity index is 3.20. The van der Waals surface area contributed by atoms with E-state index < -0.39 is 17.7 Å². The van der Waals surface area contributed by atoms with Crippen LogP contribution in [0.25, 0.3) is 0 Å². The van der Waals surface area contributed by atoms with Crippen LogP contribution in [0.2, 0.25) is 0 Å².